The summed E-state index contributed by atoms with van der Waals surface area (Å²) in [6, 6.07) is 9.45. The molecule has 1 aliphatic heterocycles. The Hall–Kier alpha value is -2.89. The van der Waals surface area contributed by atoms with Crippen LogP contribution in [-0.4, -0.2) is 37.2 Å². The Balaban J connectivity index is 1.88. The Morgan fingerprint density at radius 1 is 1.19 bits per heavy atom. The number of fused-ring (bicyclic) bond motifs is 2. The topological polar surface area (TPSA) is 71.2 Å². The largest absolute Gasteiger partial charge is 0.465 e. The van der Waals surface area contributed by atoms with Crippen molar-refractivity contribution in [2.75, 3.05) is 6.54 Å². The highest BCUT2D eigenvalue weighted by Crippen LogP contribution is 2.36. The van der Waals surface area contributed by atoms with Crippen LogP contribution in [0, 0.1) is 0 Å². The van der Waals surface area contributed by atoms with Gasteiger partial charge in [0, 0.05) is 35.8 Å². The predicted octanol–water partition coefficient (Wildman–Crippen LogP) is 3.81. The van der Waals surface area contributed by atoms with Crippen molar-refractivity contribution in [1.82, 2.24) is 19.4 Å². The van der Waals surface area contributed by atoms with Gasteiger partial charge < -0.3 is 9.67 Å². The van der Waals surface area contributed by atoms with Crippen LogP contribution in [0.15, 0.2) is 42.9 Å². The molecule has 1 aliphatic rings. The number of imidazole rings is 1. The molecule has 26 heavy (non-hydrogen) atoms. The van der Waals surface area contributed by atoms with Gasteiger partial charge in [-0.05, 0) is 32.2 Å². The van der Waals surface area contributed by atoms with Crippen LogP contribution >= 0.6 is 0 Å². The highest BCUT2D eigenvalue weighted by atomic mass is 16.4. The molecule has 134 valence electrons. The number of benzene rings is 1. The van der Waals surface area contributed by atoms with Crippen LogP contribution in [0.25, 0.3) is 10.8 Å². The highest BCUT2D eigenvalue weighted by molar-refractivity contribution is 5.82. The normalized spacial score (nSPS) is 17.3. The Bertz CT molecular complexity index is 987. The van der Waals surface area contributed by atoms with E-state index in [9.17, 15) is 9.90 Å². The second-order valence-corrected chi connectivity index (χ2v) is 7.70. The molecule has 4 rings (SSSR count). The minimum absolute atomic E-state index is 0.104. The van der Waals surface area contributed by atoms with Crippen molar-refractivity contribution in [2.45, 2.75) is 38.8 Å². The Labute approximate surface area is 152 Å². The molecule has 0 saturated carbocycles. The molecule has 0 radical (unpaired) electrons. The first kappa shape index (κ1) is 16.6. The van der Waals surface area contributed by atoms with Gasteiger partial charge in [0.25, 0.3) is 0 Å². The van der Waals surface area contributed by atoms with Crippen LogP contribution in [0.5, 0.6) is 0 Å². The van der Waals surface area contributed by atoms with Gasteiger partial charge in [0.05, 0.1) is 17.7 Å². The Morgan fingerprint density at radius 2 is 1.92 bits per heavy atom. The molecule has 1 N–H and O–H groups in total. The fourth-order valence-electron chi connectivity index (χ4n) is 3.70. The fraction of sp³-hybridized carbons (Fsp3) is 0.350. The quantitative estimate of drug-likeness (QED) is 0.724. The molecule has 2 aromatic heterocycles. The van der Waals surface area contributed by atoms with E-state index in [2.05, 4.69) is 35.3 Å². The Morgan fingerprint density at radius 3 is 2.62 bits per heavy atom. The minimum Gasteiger partial charge on any atom is -0.465 e. The fourth-order valence-corrected chi connectivity index (χ4v) is 3.70. The van der Waals surface area contributed by atoms with E-state index in [1.807, 2.05) is 36.7 Å². The lowest BCUT2D eigenvalue weighted by atomic mass is 9.97. The number of carbonyl (C=O) groups is 1. The summed E-state index contributed by atoms with van der Waals surface area (Å²) in [6.07, 6.45) is 3.34. The molecule has 0 unspecified atom stereocenters. The standard InChI is InChI=1S/C20H22N4O2/c1-20(2,3)24-12-22-17-16(24)8-9-23(19(25)26)18(17)15-10-13-6-4-5-7-14(13)11-21-15/h4-7,10-12,18H,8-9H2,1-3H3,(H,25,26)/t18-/m0/s1. The number of nitrogens with zero attached hydrogens (tertiary/aromatic N) is 4. The third-order valence-corrected chi connectivity index (χ3v) is 4.96. The van der Waals surface area contributed by atoms with E-state index in [4.69, 9.17) is 0 Å². The van der Waals surface area contributed by atoms with E-state index in [1.165, 1.54) is 4.90 Å². The molecule has 0 saturated heterocycles. The third kappa shape index (κ3) is 2.62. The first-order chi connectivity index (χ1) is 12.4. The van der Waals surface area contributed by atoms with E-state index < -0.39 is 12.1 Å². The average Bonchev–Trinajstić information content (AvgIpc) is 3.04. The number of hydrogen-bond acceptors (Lipinski definition) is 3. The van der Waals surface area contributed by atoms with Gasteiger partial charge in [-0.2, -0.15) is 0 Å². The number of pyridine rings is 1. The van der Waals surface area contributed by atoms with Gasteiger partial charge in [0.15, 0.2) is 0 Å². The van der Waals surface area contributed by atoms with Crippen molar-refractivity contribution >= 4 is 16.9 Å². The number of hydrogen-bond donors (Lipinski definition) is 1. The highest BCUT2D eigenvalue weighted by Gasteiger charge is 2.37. The molecule has 3 aromatic rings. The first-order valence-corrected chi connectivity index (χ1v) is 8.77. The summed E-state index contributed by atoms with van der Waals surface area (Å²) < 4.78 is 2.15. The SMILES string of the molecule is CC(C)(C)n1cnc2c1CCN(C(=O)O)[C@H]2c1cc2ccccc2cn1. The minimum atomic E-state index is -0.944. The van der Waals surface area contributed by atoms with Crippen molar-refractivity contribution in [2.24, 2.45) is 0 Å². The second-order valence-electron chi connectivity index (χ2n) is 7.70. The molecular weight excluding hydrogens is 328 g/mol. The number of aromatic nitrogens is 3. The average molecular weight is 350 g/mol. The van der Waals surface area contributed by atoms with Gasteiger partial charge in [-0.25, -0.2) is 9.78 Å². The monoisotopic (exact) mass is 350 g/mol. The summed E-state index contributed by atoms with van der Waals surface area (Å²) in [5, 5.41) is 11.8. The number of amides is 1. The summed E-state index contributed by atoms with van der Waals surface area (Å²) in [5.74, 6) is 0. The number of rotatable bonds is 1. The van der Waals surface area contributed by atoms with Crippen LogP contribution < -0.4 is 0 Å². The van der Waals surface area contributed by atoms with Gasteiger partial charge >= 0.3 is 6.09 Å². The van der Waals surface area contributed by atoms with Crippen LogP contribution in [-0.2, 0) is 12.0 Å². The molecule has 6 nitrogen and oxygen atoms in total. The zero-order chi connectivity index (χ0) is 18.5. The molecular formula is C20H22N4O2. The molecule has 1 aromatic carbocycles. The molecule has 0 aliphatic carbocycles. The molecule has 1 atom stereocenters. The lowest BCUT2D eigenvalue weighted by Gasteiger charge is -2.34. The van der Waals surface area contributed by atoms with E-state index in [0.717, 1.165) is 22.2 Å². The van der Waals surface area contributed by atoms with Gasteiger partial charge in [0.2, 0.25) is 0 Å². The Kier molecular flexibility index (Phi) is 3.72. The van der Waals surface area contributed by atoms with Crippen LogP contribution in [0.2, 0.25) is 0 Å². The lowest BCUT2D eigenvalue weighted by Crippen LogP contribution is -2.41. The first-order valence-electron chi connectivity index (χ1n) is 8.77. The summed E-state index contributed by atoms with van der Waals surface area (Å²) in [6.45, 7) is 6.81. The summed E-state index contributed by atoms with van der Waals surface area (Å²) >= 11 is 0. The van der Waals surface area contributed by atoms with Crippen molar-refractivity contribution in [3.63, 3.8) is 0 Å². The van der Waals surface area contributed by atoms with Gasteiger partial charge in [-0.3, -0.25) is 9.88 Å². The molecule has 0 fully saturated rings. The van der Waals surface area contributed by atoms with E-state index in [0.29, 0.717) is 18.7 Å². The van der Waals surface area contributed by atoms with E-state index in [-0.39, 0.29) is 5.54 Å². The van der Waals surface area contributed by atoms with E-state index in [1.54, 1.807) is 6.20 Å². The summed E-state index contributed by atoms with van der Waals surface area (Å²) in [7, 11) is 0. The summed E-state index contributed by atoms with van der Waals surface area (Å²) in [4.78, 5) is 22.5. The summed E-state index contributed by atoms with van der Waals surface area (Å²) in [5.41, 5.74) is 2.49. The van der Waals surface area contributed by atoms with Crippen LogP contribution in [0.3, 0.4) is 0 Å². The third-order valence-electron chi connectivity index (χ3n) is 4.96. The van der Waals surface area contributed by atoms with Crippen molar-refractivity contribution in [3.8, 4) is 0 Å². The molecule has 0 spiro atoms. The van der Waals surface area contributed by atoms with E-state index >= 15 is 0 Å². The maximum Gasteiger partial charge on any atom is 0.408 e. The van der Waals surface area contributed by atoms with Crippen molar-refractivity contribution in [3.05, 3.63) is 59.9 Å². The van der Waals surface area contributed by atoms with Gasteiger partial charge in [-0.1, -0.05) is 24.3 Å². The molecule has 0 bridgehead atoms. The smallest absolute Gasteiger partial charge is 0.408 e. The molecule has 1 amide bonds. The lowest BCUT2D eigenvalue weighted by molar-refractivity contribution is 0.126. The second kappa shape index (κ2) is 5.83. The zero-order valence-electron chi connectivity index (χ0n) is 15.2. The molecule has 6 heteroatoms. The number of carboxylic acid groups (broad SMARTS) is 1. The van der Waals surface area contributed by atoms with Gasteiger partial charge in [0.1, 0.15) is 6.04 Å². The van der Waals surface area contributed by atoms with Crippen LogP contribution in [0.4, 0.5) is 4.79 Å². The maximum absolute atomic E-state index is 11.9. The van der Waals surface area contributed by atoms with Crippen molar-refractivity contribution < 1.29 is 9.90 Å². The predicted molar refractivity (Wildman–Crippen MR) is 99.2 cm³/mol. The van der Waals surface area contributed by atoms with Crippen LogP contribution in [0.1, 0.15) is 43.9 Å². The zero-order valence-corrected chi connectivity index (χ0v) is 15.2. The maximum atomic E-state index is 11.9. The van der Waals surface area contributed by atoms with Gasteiger partial charge in [-0.15, -0.1) is 0 Å². The van der Waals surface area contributed by atoms with Crippen molar-refractivity contribution in [1.29, 1.82) is 0 Å². The molecule has 3 heterocycles.